The molecule has 2 rings (SSSR count). The van der Waals surface area contributed by atoms with E-state index in [0.717, 1.165) is 19.4 Å². The molecular formula is C13H15NO2. The molecule has 1 aromatic carbocycles. The summed E-state index contributed by atoms with van der Waals surface area (Å²) in [6.07, 6.45) is 1.44. The van der Waals surface area contributed by atoms with E-state index in [1.54, 1.807) is 0 Å². The van der Waals surface area contributed by atoms with Gasteiger partial charge in [-0.3, -0.25) is 9.69 Å². The van der Waals surface area contributed by atoms with Crippen LogP contribution in [0.25, 0.3) is 0 Å². The highest BCUT2D eigenvalue weighted by atomic mass is 16.1. The largest absolute Gasteiger partial charge is 0.303 e. The van der Waals surface area contributed by atoms with Gasteiger partial charge < -0.3 is 4.79 Å². The molecule has 0 spiro atoms. The van der Waals surface area contributed by atoms with Crippen molar-refractivity contribution in [3.05, 3.63) is 35.9 Å². The van der Waals surface area contributed by atoms with Gasteiger partial charge in [-0.2, -0.15) is 0 Å². The van der Waals surface area contributed by atoms with Crippen LogP contribution in [0.3, 0.4) is 0 Å². The highest BCUT2D eigenvalue weighted by molar-refractivity contribution is 5.95. The smallest absolute Gasteiger partial charge is 0.157 e. The van der Waals surface area contributed by atoms with Gasteiger partial charge in [0.2, 0.25) is 0 Å². The van der Waals surface area contributed by atoms with Gasteiger partial charge in [0, 0.05) is 13.1 Å². The lowest BCUT2D eigenvalue weighted by atomic mass is 9.97. The second kappa shape index (κ2) is 5.03. The number of hydrogen-bond donors (Lipinski definition) is 0. The van der Waals surface area contributed by atoms with Gasteiger partial charge in [-0.15, -0.1) is 0 Å². The molecule has 1 atom stereocenters. The van der Waals surface area contributed by atoms with Crippen LogP contribution in [0.2, 0.25) is 0 Å². The SMILES string of the molecule is O=C[C@@H]1CCN(Cc2ccccc2)CC1=O. The van der Waals surface area contributed by atoms with E-state index in [4.69, 9.17) is 0 Å². The van der Waals surface area contributed by atoms with Gasteiger partial charge in [0.1, 0.15) is 6.29 Å². The molecule has 0 aromatic heterocycles. The molecule has 1 aliphatic rings. The van der Waals surface area contributed by atoms with E-state index < -0.39 is 0 Å². The number of likely N-dealkylation sites (tertiary alicyclic amines) is 1. The van der Waals surface area contributed by atoms with Crippen LogP contribution in [0.1, 0.15) is 12.0 Å². The van der Waals surface area contributed by atoms with E-state index in [-0.39, 0.29) is 11.7 Å². The van der Waals surface area contributed by atoms with Gasteiger partial charge in [-0.25, -0.2) is 0 Å². The first-order valence-corrected chi connectivity index (χ1v) is 5.54. The summed E-state index contributed by atoms with van der Waals surface area (Å²) in [7, 11) is 0. The minimum absolute atomic E-state index is 0.0529. The standard InChI is InChI=1S/C13H15NO2/c15-10-12-6-7-14(9-13(12)16)8-11-4-2-1-3-5-11/h1-5,10,12H,6-9H2/t12-/m0/s1. The Hall–Kier alpha value is -1.48. The number of carbonyl (C=O) groups excluding carboxylic acids is 2. The van der Waals surface area contributed by atoms with Gasteiger partial charge in [-0.1, -0.05) is 30.3 Å². The predicted octanol–water partition coefficient (Wildman–Crippen LogP) is 1.28. The summed E-state index contributed by atoms with van der Waals surface area (Å²) in [6.45, 7) is 2.01. The zero-order valence-corrected chi connectivity index (χ0v) is 9.13. The lowest BCUT2D eigenvalue weighted by molar-refractivity contribution is -0.131. The summed E-state index contributed by atoms with van der Waals surface area (Å²) in [4.78, 5) is 24.2. The third kappa shape index (κ3) is 2.55. The fraction of sp³-hybridized carbons (Fsp3) is 0.385. The maximum absolute atomic E-state index is 11.6. The normalized spacial score (nSPS) is 22.0. The Morgan fingerprint density at radius 1 is 1.31 bits per heavy atom. The lowest BCUT2D eigenvalue weighted by Gasteiger charge is -2.28. The summed E-state index contributed by atoms with van der Waals surface area (Å²) in [5.41, 5.74) is 1.21. The average Bonchev–Trinajstić information content (AvgIpc) is 2.31. The molecule has 84 valence electrons. The predicted molar refractivity (Wildman–Crippen MR) is 60.9 cm³/mol. The Kier molecular flexibility index (Phi) is 3.47. The van der Waals surface area contributed by atoms with E-state index in [2.05, 4.69) is 17.0 Å². The van der Waals surface area contributed by atoms with Gasteiger partial charge >= 0.3 is 0 Å². The van der Waals surface area contributed by atoms with E-state index in [1.165, 1.54) is 5.56 Å². The van der Waals surface area contributed by atoms with Gasteiger partial charge in [0.05, 0.1) is 12.5 Å². The molecule has 0 unspecified atom stereocenters. The quantitative estimate of drug-likeness (QED) is 0.565. The van der Waals surface area contributed by atoms with Crippen LogP contribution in [0.5, 0.6) is 0 Å². The van der Waals surface area contributed by atoms with E-state index in [0.29, 0.717) is 13.0 Å². The zero-order valence-electron chi connectivity index (χ0n) is 9.13. The lowest BCUT2D eigenvalue weighted by Crippen LogP contribution is -2.40. The Morgan fingerprint density at radius 3 is 2.69 bits per heavy atom. The molecule has 1 heterocycles. The maximum atomic E-state index is 11.6. The highest BCUT2D eigenvalue weighted by Gasteiger charge is 2.26. The number of rotatable bonds is 3. The number of carbonyl (C=O) groups is 2. The average molecular weight is 217 g/mol. The first-order valence-electron chi connectivity index (χ1n) is 5.54. The molecule has 1 aliphatic heterocycles. The number of benzene rings is 1. The molecule has 0 aliphatic carbocycles. The summed E-state index contributed by atoms with van der Waals surface area (Å²) in [6, 6.07) is 10.1. The highest BCUT2D eigenvalue weighted by Crippen LogP contribution is 2.14. The van der Waals surface area contributed by atoms with E-state index in [9.17, 15) is 9.59 Å². The van der Waals surface area contributed by atoms with Crippen LogP contribution in [0, 0.1) is 5.92 Å². The van der Waals surface area contributed by atoms with Gasteiger partial charge in [0.15, 0.2) is 5.78 Å². The van der Waals surface area contributed by atoms with Crippen LogP contribution in [0.15, 0.2) is 30.3 Å². The molecule has 1 saturated heterocycles. The topological polar surface area (TPSA) is 37.4 Å². The summed E-state index contributed by atoms with van der Waals surface area (Å²) in [5.74, 6) is -0.316. The Morgan fingerprint density at radius 2 is 2.06 bits per heavy atom. The van der Waals surface area contributed by atoms with E-state index >= 15 is 0 Å². The number of aldehydes is 1. The number of ketones is 1. The fourth-order valence-corrected chi connectivity index (χ4v) is 2.02. The molecule has 0 bridgehead atoms. The summed E-state index contributed by atoms with van der Waals surface area (Å²) >= 11 is 0. The first kappa shape index (κ1) is 11.0. The van der Waals surface area contributed by atoms with Crippen molar-refractivity contribution in [2.45, 2.75) is 13.0 Å². The van der Waals surface area contributed by atoms with E-state index in [1.807, 2.05) is 18.2 Å². The molecule has 0 amide bonds. The van der Waals surface area contributed by atoms with Crippen molar-refractivity contribution >= 4 is 12.1 Å². The number of hydrogen-bond acceptors (Lipinski definition) is 3. The third-order valence-corrected chi connectivity index (χ3v) is 2.96. The Balaban J connectivity index is 1.94. The zero-order chi connectivity index (χ0) is 11.4. The molecule has 0 radical (unpaired) electrons. The van der Waals surface area contributed by atoms with Crippen molar-refractivity contribution in [1.82, 2.24) is 4.90 Å². The van der Waals surface area contributed by atoms with Crippen molar-refractivity contribution in [3.8, 4) is 0 Å². The van der Waals surface area contributed by atoms with Crippen LogP contribution >= 0.6 is 0 Å². The minimum Gasteiger partial charge on any atom is -0.303 e. The third-order valence-electron chi connectivity index (χ3n) is 2.96. The fourth-order valence-electron chi connectivity index (χ4n) is 2.02. The second-order valence-corrected chi connectivity index (χ2v) is 4.19. The minimum atomic E-state index is -0.368. The molecule has 3 heteroatoms. The molecule has 0 N–H and O–H groups in total. The number of piperidine rings is 1. The van der Waals surface area contributed by atoms with Gasteiger partial charge in [0.25, 0.3) is 0 Å². The number of nitrogens with zero attached hydrogens (tertiary/aromatic N) is 1. The summed E-state index contributed by atoms with van der Waals surface area (Å²) in [5, 5.41) is 0. The van der Waals surface area contributed by atoms with Crippen LogP contribution in [-0.2, 0) is 16.1 Å². The Bertz CT molecular complexity index is 375. The van der Waals surface area contributed by atoms with Crippen molar-refractivity contribution < 1.29 is 9.59 Å². The van der Waals surface area contributed by atoms with Crippen LogP contribution in [-0.4, -0.2) is 30.1 Å². The Labute approximate surface area is 95.1 Å². The van der Waals surface area contributed by atoms with Crippen LogP contribution < -0.4 is 0 Å². The maximum Gasteiger partial charge on any atom is 0.157 e. The van der Waals surface area contributed by atoms with Crippen LogP contribution in [0.4, 0.5) is 0 Å². The van der Waals surface area contributed by atoms with Crippen molar-refractivity contribution in [1.29, 1.82) is 0 Å². The van der Waals surface area contributed by atoms with Crippen molar-refractivity contribution in [2.75, 3.05) is 13.1 Å². The number of Topliss-reactive ketones (excluding diaryl/α,β-unsaturated/α-hetero) is 1. The molecule has 16 heavy (non-hydrogen) atoms. The molecule has 1 aromatic rings. The molecule has 1 fully saturated rings. The summed E-state index contributed by atoms with van der Waals surface area (Å²) < 4.78 is 0. The second-order valence-electron chi connectivity index (χ2n) is 4.19. The first-order chi connectivity index (χ1) is 7.79. The van der Waals surface area contributed by atoms with Crippen molar-refractivity contribution in [3.63, 3.8) is 0 Å². The molecule has 3 nitrogen and oxygen atoms in total. The molecule has 0 saturated carbocycles. The molecular weight excluding hydrogens is 202 g/mol. The monoisotopic (exact) mass is 217 g/mol. The van der Waals surface area contributed by atoms with Crippen molar-refractivity contribution in [2.24, 2.45) is 5.92 Å². The van der Waals surface area contributed by atoms with Gasteiger partial charge in [-0.05, 0) is 12.0 Å².